The van der Waals surface area contributed by atoms with E-state index in [1.165, 1.54) is 6.07 Å². The van der Waals surface area contributed by atoms with Gasteiger partial charge in [-0.05, 0) is 17.7 Å². The minimum absolute atomic E-state index is 0.313. The molecule has 1 atom stereocenters. The normalized spacial score (nSPS) is 19.3. The molecule has 0 saturated heterocycles. The number of carbonyl (C=O) groups excluding carboxylic acids is 2. The largest absolute Gasteiger partial charge is 0.448 e. The second-order valence-electron chi connectivity index (χ2n) is 3.30. The van der Waals surface area contributed by atoms with Gasteiger partial charge in [-0.1, -0.05) is 17.7 Å². The fraction of sp³-hybridized carbons (Fsp3) is 0.200. The Morgan fingerprint density at radius 1 is 1.53 bits per heavy atom. The molecule has 0 saturated carbocycles. The second-order valence-corrected chi connectivity index (χ2v) is 3.74. The average molecular weight is 226 g/mol. The number of nitrogens with two attached hydrogens (primary N) is 1. The molecule has 1 unspecified atom stereocenters. The summed E-state index contributed by atoms with van der Waals surface area (Å²) in [4.78, 5) is 22.4. The van der Waals surface area contributed by atoms with E-state index in [0.717, 1.165) is 5.56 Å². The molecule has 15 heavy (non-hydrogen) atoms. The first-order valence-electron chi connectivity index (χ1n) is 4.36. The molecule has 0 fully saturated rings. The van der Waals surface area contributed by atoms with Crippen LogP contribution in [0.15, 0.2) is 18.2 Å². The molecule has 0 aliphatic carbocycles. The minimum Gasteiger partial charge on any atom is -0.448 e. The fourth-order valence-corrected chi connectivity index (χ4v) is 1.68. The van der Waals surface area contributed by atoms with Crippen molar-refractivity contribution in [3.05, 3.63) is 34.3 Å². The van der Waals surface area contributed by atoms with E-state index in [-0.39, 0.29) is 0 Å². The molecular formula is C10H8ClNO3. The average Bonchev–Trinajstić information content (AvgIpc) is 2.18. The number of hydrogen-bond donors (Lipinski definition) is 1. The lowest BCUT2D eigenvalue weighted by atomic mass is 9.98. The van der Waals surface area contributed by atoms with Gasteiger partial charge in [0, 0.05) is 11.4 Å². The van der Waals surface area contributed by atoms with Gasteiger partial charge >= 0.3 is 5.97 Å². The Kier molecular flexibility index (Phi) is 2.36. The monoisotopic (exact) mass is 225 g/mol. The maximum Gasteiger partial charge on any atom is 0.339 e. The highest BCUT2D eigenvalue weighted by molar-refractivity contribution is 6.31. The number of amides is 1. The maximum atomic E-state index is 11.5. The van der Waals surface area contributed by atoms with Crippen molar-refractivity contribution < 1.29 is 14.3 Å². The van der Waals surface area contributed by atoms with Gasteiger partial charge in [-0.2, -0.15) is 0 Å². The van der Waals surface area contributed by atoms with Gasteiger partial charge in [0.1, 0.15) is 0 Å². The molecule has 4 nitrogen and oxygen atoms in total. The van der Waals surface area contributed by atoms with Gasteiger partial charge in [0.25, 0.3) is 5.91 Å². The third-order valence-corrected chi connectivity index (χ3v) is 2.50. The van der Waals surface area contributed by atoms with Crippen LogP contribution in [0.2, 0.25) is 5.02 Å². The van der Waals surface area contributed by atoms with Crippen LogP contribution in [0.3, 0.4) is 0 Å². The maximum absolute atomic E-state index is 11.5. The third-order valence-electron chi connectivity index (χ3n) is 2.26. The number of hydrogen-bond acceptors (Lipinski definition) is 3. The van der Waals surface area contributed by atoms with Crippen LogP contribution >= 0.6 is 11.6 Å². The Morgan fingerprint density at radius 3 is 2.93 bits per heavy atom. The Labute approximate surface area is 91.0 Å². The van der Waals surface area contributed by atoms with Crippen LogP contribution in [0.1, 0.15) is 15.9 Å². The number of esters is 1. The standard InChI is InChI=1S/C10H8ClNO3/c11-6-2-1-5-3-8(9(12)13)15-10(14)7(5)4-6/h1-2,4,8H,3H2,(H2,12,13). The van der Waals surface area contributed by atoms with E-state index in [0.29, 0.717) is 17.0 Å². The minimum atomic E-state index is -0.869. The van der Waals surface area contributed by atoms with Crippen molar-refractivity contribution in [2.45, 2.75) is 12.5 Å². The number of rotatable bonds is 1. The van der Waals surface area contributed by atoms with Gasteiger partial charge in [0.05, 0.1) is 5.56 Å². The highest BCUT2D eigenvalue weighted by Gasteiger charge is 2.29. The van der Waals surface area contributed by atoms with Crippen LogP contribution < -0.4 is 5.73 Å². The number of primary amides is 1. The quantitative estimate of drug-likeness (QED) is 0.723. The van der Waals surface area contributed by atoms with E-state index in [9.17, 15) is 9.59 Å². The first-order valence-corrected chi connectivity index (χ1v) is 4.74. The summed E-state index contributed by atoms with van der Waals surface area (Å²) in [6, 6.07) is 4.89. The molecule has 1 heterocycles. The van der Waals surface area contributed by atoms with E-state index in [1.807, 2.05) is 0 Å². The molecule has 0 bridgehead atoms. The number of cyclic esters (lactones) is 1. The Morgan fingerprint density at radius 2 is 2.27 bits per heavy atom. The zero-order chi connectivity index (χ0) is 11.0. The molecule has 0 radical (unpaired) electrons. The van der Waals surface area contributed by atoms with Gasteiger partial charge in [0.15, 0.2) is 6.10 Å². The van der Waals surface area contributed by atoms with Crippen molar-refractivity contribution in [2.24, 2.45) is 5.73 Å². The predicted octanol–water partition coefficient (Wildman–Crippen LogP) is 0.907. The van der Waals surface area contributed by atoms with Gasteiger partial charge < -0.3 is 10.5 Å². The summed E-state index contributed by atoms with van der Waals surface area (Å²) in [7, 11) is 0. The molecule has 1 aromatic carbocycles. The summed E-state index contributed by atoms with van der Waals surface area (Å²) in [6.07, 6.45) is -0.556. The summed E-state index contributed by atoms with van der Waals surface area (Å²) >= 11 is 5.74. The van der Waals surface area contributed by atoms with Crippen molar-refractivity contribution in [3.8, 4) is 0 Å². The number of halogens is 1. The van der Waals surface area contributed by atoms with Gasteiger partial charge in [-0.15, -0.1) is 0 Å². The smallest absolute Gasteiger partial charge is 0.339 e. The lowest BCUT2D eigenvalue weighted by Crippen LogP contribution is -2.38. The van der Waals surface area contributed by atoms with Crippen molar-refractivity contribution >= 4 is 23.5 Å². The molecule has 5 heteroatoms. The first kappa shape index (κ1) is 9.98. The molecule has 2 N–H and O–H groups in total. The van der Waals surface area contributed by atoms with Crippen LogP contribution in [-0.4, -0.2) is 18.0 Å². The van der Waals surface area contributed by atoms with E-state index in [1.54, 1.807) is 12.1 Å². The van der Waals surface area contributed by atoms with Crippen molar-refractivity contribution in [1.82, 2.24) is 0 Å². The van der Waals surface area contributed by atoms with Crippen molar-refractivity contribution in [1.29, 1.82) is 0 Å². The van der Waals surface area contributed by atoms with Crippen LogP contribution in [0.25, 0.3) is 0 Å². The zero-order valence-corrected chi connectivity index (χ0v) is 8.45. The number of benzene rings is 1. The van der Waals surface area contributed by atoms with Crippen LogP contribution in [0.5, 0.6) is 0 Å². The van der Waals surface area contributed by atoms with E-state index < -0.39 is 18.0 Å². The Hall–Kier alpha value is -1.55. The van der Waals surface area contributed by atoms with Crippen LogP contribution in [0, 0.1) is 0 Å². The topological polar surface area (TPSA) is 69.4 Å². The molecular weight excluding hydrogens is 218 g/mol. The van der Waals surface area contributed by atoms with Gasteiger partial charge in [0.2, 0.25) is 0 Å². The molecule has 1 aliphatic rings. The zero-order valence-electron chi connectivity index (χ0n) is 7.70. The summed E-state index contributed by atoms with van der Waals surface area (Å²) in [5.41, 5.74) is 6.21. The fourth-order valence-electron chi connectivity index (χ4n) is 1.51. The Balaban J connectivity index is 2.41. The molecule has 1 aliphatic heterocycles. The SMILES string of the molecule is NC(=O)C1Cc2ccc(Cl)cc2C(=O)O1. The summed E-state index contributed by atoms with van der Waals surface area (Å²) in [5.74, 6) is -1.19. The van der Waals surface area contributed by atoms with Gasteiger partial charge in [-0.3, -0.25) is 4.79 Å². The molecule has 0 aromatic heterocycles. The van der Waals surface area contributed by atoms with E-state index in [2.05, 4.69) is 0 Å². The summed E-state index contributed by atoms with van der Waals surface area (Å²) in [5, 5.41) is 0.461. The van der Waals surface area contributed by atoms with Crippen molar-refractivity contribution in [3.63, 3.8) is 0 Å². The molecule has 78 valence electrons. The summed E-state index contributed by atoms with van der Waals surface area (Å²) < 4.78 is 4.86. The lowest BCUT2D eigenvalue weighted by Gasteiger charge is -2.22. The predicted molar refractivity (Wildman–Crippen MR) is 53.6 cm³/mol. The van der Waals surface area contributed by atoms with Crippen molar-refractivity contribution in [2.75, 3.05) is 0 Å². The van der Waals surface area contributed by atoms with Gasteiger partial charge in [-0.25, -0.2) is 4.79 Å². The van der Waals surface area contributed by atoms with Crippen LogP contribution in [-0.2, 0) is 16.0 Å². The third kappa shape index (κ3) is 1.80. The van der Waals surface area contributed by atoms with E-state index >= 15 is 0 Å². The number of carbonyl (C=O) groups is 2. The highest BCUT2D eigenvalue weighted by atomic mass is 35.5. The number of ether oxygens (including phenoxy) is 1. The first-order chi connectivity index (χ1) is 7.08. The highest BCUT2D eigenvalue weighted by Crippen LogP contribution is 2.23. The number of fused-ring (bicyclic) bond motifs is 1. The van der Waals surface area contributed by atoms with E-state index in [4.69, 9.17) is 22.1 Å². The summed E-state index contributed by atoms with van der Waals surface area (Å²) in [6.45, 7) is 0. The second kappa shape index (κ2) is 3.55. The molecule has 1 amide bonds. The lowest BCUT2D eigenvalue weighted by molar-refractivity contribution is -0.126. The molecule has 0 spiro atoms. The molecule has 1 aromatic rings. The Bertz CT molecular complexity index is 444. The molecule has 2 rings (SSSR count). The van der Waals surface area contributed by atoms with Crippen LogP contribution in [0.4, 0.5) is 0 Å².